The summed E-state index contributed by atoms with van der Waals surface area (Å²) >= 11 is 1.21. The van der Waals surface area contributed by atoms with Gasteiger partial charge in [0.15, 0.2) is 6.29 Å². The van der Waals surface area contributed by atoms with Gasteiger partial charge in [0, 0.05) is 11.1 Å². The Morgan fingerprint density at radius 3 is 1.86 bits per heavy atom. The molecule has 4 rings (SSSR count). The van der Waals surface area contributed by atoms with E-state index in [0.29, 0.717) is 16.9 Å². The molecule has 0 aromatic heterocycles. The number of amides is 1. The maximum atomic E-state index is 13.1. The zero-order valence-corrected chi connectivity index (χ0v) is 32.2. The van der Waals surface area contributed by atoms with E-state index in [-0.39, 0.29) is 6.61 Å². The van der Waals surface area contributed by atoms with Crippen molar-refractivity contribution in [2.24, 2.45) is 0 Å². The summed E-state index contributed by atoms with van der Waals surface area (Å²) in [6, 6.07) is 13.2. The molecule has 2 saturated heterocycles. The van der Waals surface area contributed by atoms with Gasteiger partial charge in [-0.25, -0.2) is 4.57 Å². The molecule has 3 N–H and O–H groups in total. The average molecular weight is 728 g/mol. The predicted molar refractivity (Wildman–Crippen MR) is 195 cm³/mol. The lowest BCUT2D eigenvalue weighted by molar-refractivity contribution is -0.298. The summed E-state index contributed by atoms with van der Waals surface area (Å²) in [4.78, 5) is 37.1. The summed E-state index contributed by atoms with van der Waals surface area (Å²) in [5, 5.41) is 2.88. The van der Waals surface area contributed by atoms with Gasteiger partial charge in [-0.2, -0.15) is 0 Å². The van der Waals surface area contributed by atoms with Gasteiger partial charge in [0.05, 0.1) is 19.8 Å². The standard InChI is InChI=1S/C23H28NO9PS.2C6H15N/c1-13-4-6-14(7-5-13)21(25)24-18-19-17(31-23(35-3)20(18)33-34(26,27)28)12-30-22(32-19)15-8-10-16(29-2)11-9-15;2*1-4-7(5-2)6-3/h4-11,17-20,22-23H,12H2,1-3H3,(H,24,25)(H2,26,27,28);2*4-6H2,1-3H3/t17-,18+,19+,20-,22+,23+;;/m1../s1. The molecular formula is C35H58N3O9PS. The van der Waals surface area contributed by atoms with Gasteiger partial charge in [0.2, 0.25) is 0 Å². The number of nitrogens with zero attached hydrogens (tertiary/aromatic N) is 2. The number of hydrogen-bond acceptors (Lipinski definition) is 10. The van der Waals surface area contributed by atoms with E-state index in [9.17, 15) is 19.1 Å². The van der Waals surface area contributed by atoms with Crippen molar-refractivity contribution >= 4 is 25.5 Å². The van der Waals surface area contributed by atoms with Gasteiger partial charge in [-0.05, 0) is 76.7 Å². The number of methoxy groups -OCH3 is 1. The summed E-state index contributed by atoms with van der Waals surface area (Å²) in [5.41, 5.74) is 1.32. The molecule has 6 atom stereocenters. The van der Waals surface area contributed by atoms with Crippen LogP contribution in [0.2, 0.25) is 0 Å². The van der Waals surface area contributed by atoms with Crippen LogP contribution in [0, 0.1) is 6.92 Å². The predicted octanol–water partition coefficient (Wildman–Crippen LogP) is 5.48. The highest BCUT2D eigenvalue weighted by Crippen LogP contribution is 2.45. The third-order valence-corrected chi connectivity index (χ3v) is 9.88. The number of hydrogen-bond donors (Lipinski definition) is 3. The van der Waals surface area contributed by atoms with Crippen LogP contribution in [0.5, 0.6) is 5.75 Å². The van der Waals surface area contributed by atoms with Crippen LogP contribution in [0.4, 0.5) is 0 Å². The Morgan fingerprint density at radius 2 is 1.43 bits per heavy atom. The van der Waals surface area contributed by atoms with Crippen molar-refractivity contribution in [3.8, 4) is 5.75 Å². The molecule has 2 fully saturated rings. The van der Waals surface area contributed by atoms with Crippen molar-refractivity contribution in [1.82, 2.24) is 15.1 Å². The average Bonchev–Trinajstić information content (AvgIpc) is 3.10. The van der Waals surface area contributed by atoms with E-state index in [1.165, 1.54) is 51.0 Å². The number of rotatable bonds is 13. The molecule has 2 heterocycles. The van der Waals surface area contributed by atoms with Gasteiger partial charge in [-0.1, -0.05) is 71.4 Å². The van der Waals surface area contributed by atoms with Crippen LogP contribution in [0.1, 0.15) is 69.3 Å². The molecule has 0 radical (unpaired) electrons. The van der Waals surface area contributed by atoms with Crippen LogP contribution in [0.15, 0.2) is 48.5 Å². The summed E-state index contributed by atoms with van der Waals surface area (Å²) in [7, 11) is -3.35. The number of fused-ring (bicyclic) bond motifs is 1. The number of benzene rings is 2. The highest BCUT2D eigenvalue weighted by atomic mass is 32.2. The summed E-state index contributed by atoms with van der Waals surface area (Å²) in [5.74, 6) is 0.246. The van der Waals surface area contributed by atoms with Crippen LogP contribution >= 0.6 is 19.6 Å². The molecule has 0 bridgehead atoms. The van der Waals surface area contributed by atoms with Crippen LogP contribution in [-0.2, 0) is 23.3 Å². The van der Waals surface area contributed by atoms with Crippen molar-refractivity contribution in [1.29, 1.82) is 0 Å². The number of ether oxygens (including phenoxy) is 4. The number of thioether (sulfide) groups is 1. The highest BCUT2D eigenvalue weighted by Gasteiger charge is 2.52. The molecule has 2 aromatic rings. The van der Waals surface area contributed by atoms with Crippen LogP contribution in [0.3, 0.4) is 0 Å². The second-order valence-corrected chi connectivity index (χ2v) is 13.6. The monoisotopic (exact) mass is 727 g/mol. The molecule has 0 saturated carbocycles. The first kappa shape index (κ1) is 43.1. The molecule has 2 aliphatic rings. The van der Waals surface area contributed by atoms with Crippen molar-refractivity contribution in [3.63, 3.8) is 0 Å². The Labute approximate surface area is 297 Å². The van der Waals surface area contributed by atoms with Crippen molar-refractivity contribution in [2.75, 3.05) is 59.2 Å². The summed E-state index contributed by atoms with van der Waals surface area (Å²) in [6.07, 6.45) is -1.64. The largest absolute Gasteiger partial charge is 0.497 e. The maximum absolute atomic E-state index is 13.1. The van der Waals surface area contributed by atoms with Crippen LogP contribution in [-0.4, -0.2) is 115 Å². The minimum atomic E-state index is -4.92. The second kappa shape index (κ2) is 22.0. The van der Waals surface area contributed by atoms with Gasteiger partial charge in [0.25, 0.3) is 5.91 Å². The lowest BCUT2D eigenvalue weighted by Crippen LogP contribution is -2.66. The Hall–Kier alpha value is -2.03. The van der Waals surface area contributed by atoms with Crippen molar-refractivity contribution in [2.45, 2.75) is 84.5 Å². The number of nitrogens with one attached hydrogen (secondary N) is 1. The molecule has 49 heavy (non-hydrogen) atoms. The quantitative estimate of drug-likeness (QED) is 0.225. The summed E-state index contributed by atoms with van der Waals surface area (Å²) in [6.45, 7) is 22.3. The van der Waals surface area contributed by atoms with Crippen molar-refractivity contribution < 1.29 is 42.6 Å². The fourth-order valence-electron chi connectivity index (χ4n) is 5.43. The van der Waals surface area contributed by atoms with E-state index in [1.807, 2.05) is 6.92 Å². The molecule has 0 aliphatic carbocycles. The number of carbonyl (C=O) groups is 1. The van der Waals surface area contributed by atoms with Crippen molar-refractivity contribution in [3.05, 3.63) is 65.2 Å². The Morgan fingerprint density at radius 1 is 0.898 bits per heavy atom. The van der Waals surface area contributed by atoms with E-state index in [2.05, 4.69) is 56.7 Å². The molecule has 1 amide bonds. The van der Waals surface area contributed by atoms with E-state index >= 15 is 0 Å². The zero-order chi connectivity index (χ0) is 36.6. The zero-order valence-electron chi connectivity index (χ0n) is 30.5. The normalized spacial score (nSPS) is 23.4. The third-order valence-electron chi connectivity index (χ3n) is 8.52. The molecule has 12 nitrogen and oxygen atoms in total. The number of phosphoric acid groups is 1. The smallest absolute Gasteiger partial charge is 0.470 e. The fourth-order valence-corrected chi connectivity index (χ4v) is 6.82. The molecule has 278 valence electrons. The Balaban J connectivity index is 0.000000500. The van der Waals surface area contributed by atoms with E-state index in [4.69, 9.17) is 23.5 Å². The fraction of sp³-hybridized carbons (Fsp3) is 0.629. The Kier molecular flexibility index (Phi) is 19.4. The van der Waals surface area contributed by atoms with E-state index in [1.54, 1.807) is 61.9 Å². The lowest BCUT2D eigenvalue weighted by atomic mass is 9.95. The maximum Gasteiger partial charge on any atom is 0.470 e. The number of carbonyl (C=O) groups excluding carboxylic acids is 1. The lowest BCUT2D eigenvalue weighted by Gasteiger charge is -2.49. The van der Waals surface area contributed by atoms with Gasteiger partial charge in [-0.15, -0.1) is 11.8 Å². The van der Waals surface area contributed by atoms with E-state index < -0.39 is 49.8 Å². The van der Waals surface area contributed by atoms with Gasteiger partial charge >= 0.3 is 7.82 Å². The topological polar surface area (TPSA) is 139 Å². The first-order chi connectivity index (χ1) is 23.4. The van der Waals surface area contributed by atoms with E-state index in [0.717, 1.165) is 5.56 Å². The van der Waals surface area contributed by atoms with Gasteiger partial charge in [-0.3, -0.25) is 9.32 Å². The Bertz CT molecular complexity index is 1240. The molecule has 2 aromatic carbocycles. The number of aryl methyl sites for hydroxylation is 1. The second-order valence-electron chi connectivity index (χ2n) is 11.5. The first-order valence-corrected chi connectivity index (χ1v) is 19.8. The minimum absolute atomic E-state index is 0.151. The first-order valence-electron chi connectivity index (χ1n) is 17.0. The third kappa shape index (κ3) is 13.9. The molecule has 14 heteroatoms. The van der Waals surface area contributed by atoms with Gasteiger partial charge in [0.1, 0.15) is 29.5 Å². The molecule has 2 aliphatic heterocycles. The molecule has 0 spiro atoms. The minimum Gasteiger partial charge on any atom is -0.497 e. The summed E-state index contributed by atoms with van der Waals surface area (Å²) < 4.78 is 40.3. The number of phosphoric ester groups is 1. The van der Waals surface area contributed by atoms with Crippen LogP contribution < -0.4 is 10.1 Å². The SMILES string of the molecule is CCN(CC)CC.CCN(CC)CC.COc1ccc([C@H]2OC[C@H]3O[C@@H](SC)[C@H](OP(=O)(O)O)[C@@H](NC(=O)c4ccc(C)cc4)[C@H]3O2)cc1. The molecule has 0 unspecified atom stereocenters. The highest BCUT2D eigenvalue weighted by molar-refractivity contribution is 7.99. The molecular weight excluding hydrogens is 669 g/mol. The van der Waals surface area contributed by atoms with Crippen LogP contribution in [0.25, 0.3) is 0 Å². The van der Waals surface area contributed by atoms with Gasteiger partial charge < -0.3 is 43.9 Å².